The number of hydrogen-bond donors (Lipinski definition) is 3. The van der Waals surface area contributed by atoms with E-state index in [1.807, 2.05) is 0 Å². The van der Waals surface area contributed by atoms with E-state index in [0.29, 0.717) is 36.1 Å². The van der Waals surface area contributed by atoms with Gasteiger partial charge in [-0.3, -0.25) is 9.79 Å². The number of nitrogens with one attached hydrogen (secondary N) is 3. The van der Waals surface area contributed by atoms with E-state index in [0.717, 1.165) is 13.0 Å². The molecular weight excluding hydrogens is 422 g/mol. The van der Waals surface area contributed by atoms with Gasteiger partial charge in [0.05, 0.1) is 0 Å². The predicted molar refractivity (Wildman–Crippen MR) is 108 cm³/mol. The second kappa shape index (κ2) is 12.0. The predicted octanol–water partition coefficient (Wildman–Crippen LogP) is 2.69. The van der Waals surface area contributed by atoms with Crippen molar-refractivity contribution >= 4 is 35.8 Å². The normalized spacial score (nSPS) is 11.0. The molecule has 0 aliphatic heterocycles. The van der Waals surface area contributed by atoms with Crippen molar-refractivity contribution in [2.24, 2.45) is 10.9 Å². The lowest BCUT2D eigenvalue weighted by molar-refractivity contribution is 0.0954. The Morgan fingerprint density at radius 1 is 1.17 bits per heavy atom. The Morgan fingerprint density at radius 2 is 1.79 bits per heavy atom. The summed E-state index contributed by atoms with van der Waals surface area (Å²) in [4.78, 5) is 16.0. The highest BCUT2D eigenvalue weighted by Gasteiger charge is 2.07. The Morgan fingerprint density at radius 3 is 2.38 bits per heavy atom. The van der Waals surface area contributed by atoms with Gasteiger partial charge in [-0.2, -0.15) is 0 Å². The minimum Gasteiger partial charge on any atom is -0.356 e. The van der Waals surface area contributed by atoms with Crippen LogP contribution < -0.4 is 16.0 Å². The molecule has 1 rings (SSSR count). The fraction of sp³-hybridized carbons (Fsp3) is 0.529. The Hall–Kier alpha value is -1.38. The monoisotopic (exact) mass is 450 g/mol. The van der Waals surface area contributed by atoms with Crippen LogP contribution >= 0.6 is 24.0 Å². The summed E-state index contributed by atoms with van der Waals surface area (Å²) in [6.07, 6.45) is 1.07. The van der Waals surface area contributed by atoms with Gasteiger partial charge in [-0.05, 0) is 37.0 Å². The Bertz CT molecular complexity index is 549. The van der Waals surface area contributed by atoms with Crippen molar-refractivity contribution < 1.29 is 9.18 Å². The zero-order valence-corrected chi connectivity index (χ0v) is 17.1. The maximum Gasteiger partial charge on any atom is 0.251 e. The van der Waals surface area contributed by atoms with Crippen LogP contribution in [0.15, 0.2) is 23.2 Å². The molecule has 1 aromatic rings. The van der Waals surface area contributed by atoms with Gasteiger partial charge in [0.1, 0.15) is 5.82 Å². The molecular formula is C17H28FIN4O. The number of aryl methyl sites for hydroxylation is 1. The molecule has 0 spiro atoms. The van der Waals surface area contributed by atoms with Gasteiger partial charge < -0.3 is 16.0 Å². The summed E-state index contributed by atoms with van der Waals surface area (Å²) in [6, 6.07) is 4.47. The van der Waals surface area contributed by atoms with E-state index in [-0.39, 0.29) is 35.7 Å². The quantitative estimate of drug-likeness (QED) is 0.259. The first-order valence-corrected chi connectivity index (χ1v) is 7.93. The molecule has 3 N–H and O–H groups in total. The lowest BCUT2D eigenvalue weighted by Crippen LogP contribution is -2.42. The number of amides is 1. The molecule has 0 heterocycles. The SMILES string of the molecule is CN=C(NCCNC(=O)c1ccc(C)c(F)c1)NCCC(C)C.I. The summed E-state index contributed by atoms with van der Waals surface area (Å²) in [5.74, 6) is 0.690. The van der Waals surface area contributed by atoms with E-state index in [1.54, 1.807) is 26.1 Å². The van der Waals surface area contributed by atoms with Crippen LogP contribution in [0.4, 0.5) is 4.39 Å². The molecule has 136 valence electrons. The molecule has 0 saturated carbocycles. The molecule has 1 aromatic carbocycles. The molecule has 1 amide bonds. The summed E-state index contributed by atoms with van der Waals surface area (Å²) in [5, 5.41) is 9.08. The Labute approximate surface area is 160 Å². The van der Waals surface area contributed by atoms with Gasteiger partial charge in [0.15, 0.2) is 5.96 Å². The summed E-state index contributed by atoms with van der Waals surface area (Å²) in [6.45, 7) is 7.83. The highest BCUT2D eigenvalue weighted by atomic mass is 127. The molecule has 0 aromatic heterocycles. The minimum atomic E-state index is -0.370. The third kappa shape index (κ3) is 8.47. The smallest absolute Gasteiger partial charge is 0.251 e. The van der Waals surface area contributed by atoms with Crippen LogP contribution in [0.1, 0.15) is 36.2 Å². The average molecular weight is 450 g/mol. The fourth-order valence-electron chi connectivity index (χ4n) is 1.89. The third-order valence-electron chi connectivity index (χ3n) is 3.37. The maximum atomic E-state index is 13.4. The van der Waals surface area contributed by atoms with Crippen molar-refractivity contribution in [2.45, 2.75) is 27.2 Å². The van der Waals surface area contributed by atoms with Crippen LogP contribution in [-0.4, -0.2) is 38.5 Å². The van der Waals surface area contributed by atoms with Crippen molar-refractivity contribution in [1.82, 2.24) is 16.0 Å². The van der Waals surface area contributed by atoms with E-state index in [9.17, 15) is 9.18 Å². The Kier molecular flexibility index (Phi) is 11.4. The van der Waals surface area contributed by atoms with Crippen LogP contribution in [0.25, 0.3) is 0 Å². The van der Waals surface area contributed by atoms with Gasteiger partial charge in [0.2, 0.25) is 0 Å². The van der Waals surface area contributed by atoms with Crippen molar-refractivity contribution in [3.8, 4) is 0 Å². The van der Waals surface area contributed by atoms with E-state index in [1.165, 1.54) is 6.07 Å². The second-order valence-corrected chi connectivity index (χ2v) is 5.83. The summed E-state index contributed by atoms with van der Waals surface area (Å²) >= 11 is 0. The van der Waals surface area contributed by atoms with Crippen LogP contribution in [0, 0.1) is 18.7 Å². The molecule has 0 unspecified atom stereocenters. The molecule has 0 fully saturated rings. The number of carbonyl (C=O) groups excluding carboxylic acids is 1. The van der Waals surface area contributed by atoms with Crippen LogP contribution in [0.5, 0.6) is 0 Å². The van der Waals surface area contributed by atoms with Crippen LogP contribution in [0.2, 0.25) is 0 Å². The highest BCUT2D eigenvalue weighted by molar-refractivity contribution is 14.0. The summed E-state index contributed by atoms with van der Waals surface area (Å²) < 4.78 is 13.4. The first-order chi connectivity index (χ1) is 10.9. The molecule has 5 nitrogen and oxygen atoms in total. The van der Waals surface area contributed by atoms with Crippen LogP contribution in [-0.2, 0) is 0 Å². The number of halogens is 2. The Balaban J connectivity index is 0.00000529. The first kappa shape index (κ1) is 22.6. The minimum absolute atomic E-state index is 0. The number of rotatable bonds is 7. The van der Waals surface area contributed by atoms with E-state index < -0.39 is 0 Å². The number of guanidine groups is 1. The van der Waals surface area contributed by atoms with E-state index in [2.05, 4.69) is 34.8 Å². The van der Waals surface area contributed by atoms with Crippen molar-refractivity contribution in [3.05, 3.63) is 35.1 Å². The highest BCUT2D eigenvalue weighted by Crippen LogP contribution is 2.08. The molecule has 24 heavy (non-hydrogen) atoms. The molecule has 0 bridgehead atoms. The van der Waals surface area contributed by atoms with E-state index in [4.69, 9.17) is 0 Å². The molecule has 0 radical (unpaired) electrons. The average Bonchev–Trinajstić information content (AvgIpc) is 2.51. The standard InChI is InChI=1S/C17H27FN4O.HI/c1-12(2)7-8-21-17(19-4)22-10-9-20-16(23)14-6-5-13(3)15(18)11-14;/h5-6,11-12H,7-10H2,1-4H3,(H,20,23)(H2,19,21,22);1H. The molecule has 7 heteroatoms. The first-order valence-electron chi connectivity index (χ1n) is 7.93. The number of hydrogen-bond acceptors (Lipinski definition) is 2. The third-order valence-corrected chi connectivity index (χ3v) is 3.37. The second-order valence-electron chi connectivity index (χ2n) is 5.83. The van der Waals surface area contributed by atoms with E-state index >= 15 is 0 Å². The lowest BCUT2D eigenvalue weighted by Gasteiger charge is -2.13. The van der Waals surface area contributed by atoms with Crippen molar-refractivity contribution in [3.63, 3.8) is 0 Å². The topological polar surface area (TPSA) is 65.5 Å². The molecule has 0 saturated heterocycles. The number of nitrogens with zero attached hydrogens (tertiary/aromatic N) is 1. The molecule has 0 aliphatic rings. The van der Waals surface area contributed by atoms with Crippen molar-refractivity contribution in [2.75, 3.05) is 26.7 Å². The van der Waals surface area contributed by atoms with Gasteiger partial charge in [0.25, 0.3) is 5.91 Å². The van der Waals surface area contributed by atoms with Gasteiger partial charge in [-0.1, -0.05) is 19.9 Å². The summed E-state index contributed by atoms with van der Waals surface area (Å²) in [7, 11) is 1.71. The number of benzene rings is 1. The van der Waals surface area contributed by atoms with Gasteiger partial charge in [0, 0.05) is 32.2 Å². The summed E-state index contributed by atoms with van der Waals surface area (Å²) in [5.41, 5.74) is 0.854. The van der Waals surface area contributed by atoms with Crippen LogP contribution in [0.3, 0.4) is 0 Å². The van der Waals surface area contributed by atoms with Crippen molar-refractivity contribution in [1.29, 1.82) is 0 Å². The molecule has 0 atom stereocenters. The molecule has 0 aliphatic carbocycles. The zero-order valence-electron chi connectivity index (χ0n) is 14.8. The zero-order chi connectivity index (χ0) is 17.2. The van der Waals surface area contributed by atoms with Gasteiger partial charge in [-0.25, -0.2) is 4.39 Å². The number of carbonyl (C=O) groups is 1. The lowest BCUT2D eigenvalue weighted by atomic mass is 10.1. The number of aliphatic imine (C=N–C) groups is 1. The van der Waals surface area contributed by atoms with Gasteiger partial charge >= 0.3 is 0 Å². The van der Waals surface area contributed by atoms with Gasteiger partial charge in [-0.15, -0.1) is 24.0 Å². The fourth-order valence-corrected chi connectivity index (χ4v) is 1.89. The maximum absolute atomic E-state index is 13.4. The largest absolute Gasteiger partial charge is 0.356 e.